The number of halogens is 2. The first-order valence-corrected chi connectivity index (χ1v) is 7.61. The fourth-order valence-electron chi connectivity index (χ4n) is 2.37. The lowest BCUT2D eigenvalue weighted by Crippen LogP contribution is -2.32. The molecule has 0 atom stereocenters. The van der Waals surface area contributed by atoms with Crippen LogP contribution in [0, 0.1) is 6.92 Å². The highest BCUT2D eigenvalue weighted by Crippen LogP contribution is 2.32. The van der Waals surface area contributed by atoms with Crippen LogP contribution in [-0.2, 0) is 9.59 Å². The van der Waals surface area contributed by atoms with Gasteiger partial charge in [-0.2, -0.15) is 0 Å². The van der Waals surface area contributed by atoms with Crippen LogP contribution < -0.4 is 10.2 Å². The summed E-state index contributed by atoms with van der Waals surface area (Å²) in [5.41, 5.74) is 1.92. The van der Waals surface area contributed by atoms with Crippen molar-refractivity contribution in [1.82, 2.24) is 0 Å². The van der Waals surface area contributed by atoms with Gasteiger partial charge in [0, 0.05) is 10.7 Å². The van der Waals surface area contributed by atoms with Crippen LogP contribution in [0.15, 0.2) is 59.3 Å². The third-order valence-electron chi connectivity index (χ3n) is 3.47. The van der Waals surface area contributed by atoms with Gasteiger partial charge in [0.1, 0.15) is 10.7 Å². The van der Waals surface area contributed by atoms with Gasteiger partial charge in [0.2, 0.25) is 0 Å². The summed E-state index contributed by atoms with van der Waals surface area (Å²) in [6.45, 7) is 1.78. The summed E-state index contributed by atoms with van der Waals surface area (Å²) in [7, 11) is 0. The zero-order chi connectivity index (χ0) is 16.6. The van der Waals surface area contributed by atoms with Crippen LogP contribution in [0.3, 0.4) is 0 Å². The molecule has 6 heteroatoms. The first-order chi connectivity index (χ1) is 11.0. The number of benzene rings is 2. The summed E-state index contributed by atoms with van der Waals surface area (Å²) in [5.74, 6) is -1.05. The van der Waals surface area contributed by atoms with Gasteiger partial charge in [0.15, 0.2) is 0 Å². The number of carbonyl (C=O) groups is 2. The van der Waals surface area contributed by atoms with E-state index in [0.717, 1.165) is 4.90 Å². The first kappa shape index (κ1) is 15.6. The molecule has 23 heavy (non-hydrogen) atoms. The number of rotatable bonds is 3. The van der Waals surface area contributed by atoms with E-state index in [1.165, 1.54) is 0 Å². The number of amides is 2. The predicted molar refractivity (Wildman–Crippen MR) is 91.6 cm³/mol. The van der Waals surface area contributed by atoms with Crippen molar-refractivity contribution in [3.63, 3.8) is 0 Å². The molecule has 0 unspecified atom stereocenters. The maximum absolute atomic E-state index is 12.6. The number of para-hydroxylation sites is 1. The molecular formula is C17H12Cl2N2O2. The minimum atomic E-state index is -0.555. The minimum Gasteiger partial charge on any atom is -0.350 e. The standard InChI is InChI=1S/C17H12Cl2N2O2/c1-10-9-11(18)7-8-13(10)21-16(22)14(19)15(17(21)23)20-12-5-3-2-4-6-12/h2-9,20H,1H3. The van der Waals surface area contributed by atoms with Crippen LogP contribution in [0.5, 0.6) is 0 Å². The van der Waals surface area contributed by atoms with E-state index in [-0.39, 0.29) is 10.7 Å². The van der Waals surface area contributed by atoms with E-state index < -0.39 is 11.8 Å². The Morgan fingerprint density at radius 2 is 1.65 bits per heavy atom. The fourth-order valence-corrected chi connectivity index (χ4v) is 2.80. The van der Waals surface area contributed by atoms with Crippen LogP contribution in [0.25, 0.3) is 0 Å². The average molecular weight is 347 g/mol. The van der Waals surface area contributed by atoms with Gasteiger partial charge in [-0.05, 0) is 42.8 Å². The maximum Gasteiger partial charge on any atom is 0.283 e. The quantitative estimate of drug-likeness (QED) is 0.851. The lowest BCUT2D eigenvalue weighted by Gasteiger charge is -2.17. The largest absolute Gasteiger partial charge is 0.350 e. The van der Waals surface area contributed by atoms with Gasteiger partial charge >= 0.3 is 0 Å². The predicted octanol–water partition coefficient (Wildman–Crippen LogP) is 4.08. The van der Waals surface area contributed by atoms with Gasteiger partial charge in [0.05, 0.1) is 5.69 Å². The van der Waals surface area contributed by atoms with Crippen molar-refractivity contribution in [2.75, 3.05) is 10.2 Å². The zero-order valence-corrected chi connectivity index (χ0v) is 13.7. The molecule has 3 rings (SSSR count). The highest BCUT2D eigenvalue weighted by molar-refractivity contribution is 6.53. The third-order valence-corrected chi connectivity index (χ3v) is 4.06. The lowest BCUT2D eigenvalue weighted by atomic mass is 10.2. The molecule has 0 saturated heterocycles. The number of hydrogen-bond donors (Lipinski definition) is 1. The molecule has 1 aliphatic rings. The van der Waals surface area contributed by atoms with E-state index in [2.05, 4.69) is 5.32 Å². The second-order valence-corrected chi connectivity index (χ2v) is 5.87. The Morgan fingerprint density at radius 3 is 2.30 bits per heavy atom. The molecular weight excluding hydrogens is 335 g/mol. The van der Waals surface area contributed by atoms with Crippen molar-refractivity contribution in [3.05, 3.63) is 69.8 Å². The molecule has 0 aliphatic carbocycles. The maximum atomic E-state index is 12.6. The number of nitrogens with one attached hydrogen (secondary N) is 1. The second-order valence-electron chi connectivity index (χ2n) is 5.06. The van der Waals surface area contributed by atoms with Gasteiger partial charge in [-0.3, -0.25) is 9.59 Å². The normalized spacial score (nSPS) is 14.7. The molecule has 4 nitrogen and oxygen atoms in total. The lowest BCUT2D eigenvalue weighted by molar-refractivity contribution is -0.120. The molecule has 1 heterocycles. The molecule has 0 saturated carbocycles. The van der Waals surface area contributed by atoms with Gasteiger partial charge < -0.3 is 5.32 Å². The van der Waals surface area contributed by atoms with Gasteiger partial charge in [-0.1, -0.05) is 41.4 Å². The Labute approximate surface area is 143 Å². The Balaban J connectivity index is 1.96. The number of aryl methyl sites for hydroxylation is 1. The highest BCUT2D eigenvalue weighted by Gasteiger charge is 2.39. The number of anilines is 2. The first-order valence-electron chi connectivity index (χ1n) is 6.86. The van der Waals surface area contributed by atoms with Crippen LogP contribution in [0.4, 0.5) is 11.4 Å². The molecule has 0 fully saturated rings. The molecule has 116 valence electrons. The molecule has 0 bridgehead atoms. The van der Waals surface area contributed by atoms with Gasteiger partial charge in [-0.15, -0.1) is 0 Å². The van der Waals surface area contributed by atoms with Crippen LogP contribution in [-0.4, -0.2) is 11.8 Å². The SMILES string of the molecule is Cc1cc(Cl)ccc1N1C(=O)C(Cl)=C(Nc2ccccc2)C1=O. The van der Waals surface area contributed by atoms with Crippen LogP contribution >= 0.6 is 23.2 Å². The fraction of sp³-hybridized carbons (Fsp3) is 0.0588. The van der Waals surface area contributed by atoms with Crippen LogP contribution in [0.2, 0.25) is 5.02 Å². The van der Waals surface area contributed by atoms with Crippen molar-refractivity contribution in [2.24, 2.45) is 0 Å². The topological polar surface area (TPSA) is 49.4 Å². The average Bonchev–Trinajstić information content (AvgIpc) is 2.73. The van der Waals surface area contributed by atoms with E-state index in [4.69, 9.17) is 23.2 Å². The monoisotopic (exact) mass is 346 g/mol. The van der Waals surface area contributed by atoms with Gasteiger partial charge in [-0.25, -0.2) is 4.90 Å². The second kappa shape index (κ2) is 6.07. The Hall–Kier alpha value is -2.30. The third kappa shape index (κ3) is 2.83. The van der Waals surface area contributed by atoms with Crippen molar-refractivity contribution in [3.8, 4) is 0 Å². The Bertz CT molecular complexity index is 832. The molecule has 1 N–H and O–H groups in total. The minimum absolute atomic E-state index is 0.0669. The molecule has 2 aromatic carbocycles. The molecule has 2 aromatic rings. The number of nitrogens with zero attached hydrogens (tertiary/aromatic N) is 1. The van der Waals surface area contributed by atoms with E-state index in [1.807, 2.05) is 18.2 Å². The number of carbonyl (C=O) groups excluding carboxylic acids is 2. The van der Waals surface area contributed by atoms with Crippen molar-refractivity contribution in [2.45, 2.75) is 6.92 Å². The smallest absolute Gasteiger partial charge is 0.283 e. The summed E-state index contributed by atoms with van der Waals surface area (Å²) in [6.07, 6.45) is 0. The summed E-state index contributed by atoms with van der Waals surface area (Å²) in [5, 5.41) is 3.31. The van der Waals surface area contributed by atoms with E-state index in [1.54, 1.807) is 37.3 Å². The molecule has 0 spiro atoms. The molecule has 2 amide bonds. The number of imide groups is 1. The highest BCUT2D eigenvalue weighted by atomic mass is 35.5. The van der Waals surface area contributed by atoms with E-state index in [9.17, 15) is 9.59 Å². The summed E-state index contributed by atoms with van der Waals surface area (Å²) >= 11 is 12.0. The van der Waals surface area contributed by atoms with E-state index in [0.29, 0.717) is 22.0 Å². The summed E-state index contributed by atoms with van der Waals surface area (Å²) < 4.78 is 0. The van der Waals surface area contributed by atoms with E-state index >= 15 is 0 Å². The molecule has 0 radical (unpaired) electrons. The molecule has 1 aliphatic heterocycles. The van der Waals surface area contributed by atoms with Gasteiger partial charge in [0.25, 0.3) is 11.8 Å². The Morgan fingerprint density at radius 1 is 0.957 bits per heavy atom. The van der Waals surface area contributed by atoms with Crippen molar-refractivity contribution in [1.29, 1.82) is 0 Å². The summed E-state index contributed by atoms with van der Waals surface area (Å²) in [6, 6.07) is 14.0. The summed E-state index contributed by atoms with van der Waals surface area (Å²) in [4.78, 5) is 26.1. The Kier molecular flexibility index (Phi) is 4.11. The van der Waals surface area contributed by atoms with Crippen LogP contribution in [0.1, 0.15) is 5.56 Å². The van der Waals surface area contributed by atoms with Crippen molar-refractivity contribution < 1.29 is 9.59 Å². The van der Waals surface area contributed by atoms with Crippen molar-refractivity contribution >= 4 is 46.4 Å². The molecule has 0 aromatic heterocycles. The number of hydrogen-bond acceptors (Lipinski definition) is 3. The zero-order valence-electron chi connectivity index (χ0n) is 12.1.